The van der Waals surface area contributed by atoms with Crippen LogP contribution in [0.3, 0.4) is 0 Å². The van der Waals surface area contributed by atoms with Crippen molar-refractivity contribution in [3.8, 4) is 17.2 Å². The molecule has 0 heterocycles. The molecule has 1 N–H and O–H groups in total. The van der Waals surface area contributed by atoms with Crippen molar-refractivity contribution in [1.29, 1.82) is 0 Å². The monoisotopic (exact) mass is 257 g/mol. The summed E-state index contributed by atoms with van der Waals surface area (Å²) in [5.41, 5.74) is 0.895. The van der Waals surface area contributed by atoms with E-state index in [1.165, 1.54) is 0 Å². The summed E-state index contributed by atoms with van der Waals surface area (Å²) in [7, 11) is 4.85. The standard InChI is InChI=1S/C12H19NO3S/c1-14-10-8-12(16-3)11(15-2)7-9(10)13-5-4-6-17/h7-8,13,17H,4-6H2,1-3H3. The predicted octanol–water partition coefficient (Wildman–Crippen LogP) is 2.44. The van der Waals surface area contributed by atoms with Gasteiger partial charge in [0.15, 0.2) is 11.5 Å². The molecule has 1 rings (SSSR count). The molecule has 5 heteroatoms. The first kappa shape index (κ1) is 13.8. The SMILES string of the molecule is COc1cc(OC)c(OC)cc1NCCCS. The number of hydrogen-bond acceptors (Lipinski definition) is 5. The molecule has 1 aromatic rings. The Balaban J connectivity index is 2.93. The topological polar surface area (TPSA) is 39.7 Å². The smallest absolute Gasteiger partial charge is 0.164 e. The van der Waals surface area contributed by atoms with Crippen molar-refractivity contribution in [3.63, 3.8) is 0 Å². The number of rotatable bonds is 7. The fourth-order valence-electron chi connectivity index (χ4n) is 1.47. The van der Waals surface area contributed by atoms with Crippen molar-refractivity contribution >= 4 is 18.3 Å². The molecular formula is C12H19NO3S. The highest BCUT2D eigenvalue weighted by Crippen LogP contribution is 2.37. The highest BCUT2D eigenvalue weighted by molar-refractivity contribution is 7.80. The van der Waals surface area contributed by atoms with Crippen LogP contribution in [0.5, 0.6) is 17.2 Å². The molecule has 0 atom stereocenters. The predicted molar refractivity (Wildman–Crippen MR) is 73.1 cm³/mol. The Labute approximate surface area is 108 Å². The largest absolute Gasteiger partial charge is 0.494 e. The molecule has 0 amide bonds. The molecule has 0 spiro atoms. The quantitative estimate of drug-likeness (QED) is 0.581. The Morgan fingerprint density at radius 2 is 1.59 bits per heavy atom. The van der Waals surface area contributed by atoms with Crippen molar-refractivity contribution < 1.29 is 14.2 Å². The Morgan fingerprint density at radius 3 is 2.12 bits per heavy atom. The van der Waals surface area contributed by atoms with Gasteiger partial charge in [0.05, 0.1) is 27.0 Å². The average Bonchev–Trinajstić information content (AvgIpc) is 2.38. The van der Waals surface area contributed by atoms with Gasteiger partial charge in [-0.15, -0.1) is 0 Å². The van der Waals surface area contributed by atoms with Crippen LogP contribution >= 0.6 is 12.6 Å². The maximum atomic E-state index is 5.30. The maximum Gasteiger partial charge on any atom is 0.164 e. The molecule has 96 valence electrons. The summed E-state index contributed by atoms with van der Waals surface area (Å²) in [6.07, 6.45) is 0.987. The van der Waals surface area contributed by atoms with E-state index in [-0.39, 0.29) is 0 Å². The van der Waals surface area contributed by atoms with Crippen molar-refractivity contribution in [2.45, 2.75) is 6.42 Å². The Bertz CT molecular complexity index is 358. The second kappa shape index (κ2) is 7.17. The molecule has 0 aliphatic rings. The first-order chi connectivity index (χ1) is 8.26. The van der Waals surface area contributed by atoms with Gasteiger partial charge in [-0.3, -0.25) is 0 Å². The molecule has 0 unspecified atom stereocenters. The van der Waals surface area contributed by atoms with Gasteiger partial charge < -0.3 is 19.5 Å². The van der Waals surface area contributed by atoms with Gasteiger partial charge >= 0.3 is 0 Å². The van der Waals surface area contributed by atoms with Crippen LogP contribution in [0.4, 0.5) is 5.69 Å². The van der Waals surface area contributed by atoms with E-state index >= 15 is 0 Å². The van der Waals surface area contributed by atoms with Crippen LogP contribution in [0.25, 0.3) is 0 Å². The minimum atomic E-state index is 0.657. The summed E-state index contributed by atoms with van der Waals surface area (Å²) in [5.74, 6) is 2.93. The van der Waals surface area contributed by atoms with Crippen LogP contribution in [0.2, 0.25) is 0 Å². The summed E-state index contributed by atoms with van der Waals surface area (Å²) in [5, 5.41) is 3.28. The van der Waals surface area contributed by atoms with Gasteiger partial charge in [0.25, 0.3) is 0 Å². The number of anilines is 1. The van der Waals surface area contributed by atoms with Gasteiger partial charge in [0.1, 0.15) is 5.75 Å². The number of thiol groups is 1. The Kier molecular flexibility index (Phi) is 5.83. The molecule has 0 radical (unpaired) electrons. The summed E-state index contributed by atoms with van der Waals surface area (Å²) < 4.78 is 15.8. The van der Waals surface area contributed by atoms with Gasteiger partial charge in [-0.1, -0.05) is 0 Å². The van der Waals surface area contributed by atoms with Crippen molar-refractivity contribution in [2.75, 3.05) is 38.9 Å². The fraction of sp³-hybridized carbons (Fsp3) is 0.500. The highest BCUT2D eigenvalue weighted by Gasteiger charge is 2.11. The van der Waals surface area contributed by atoms with Gasteiger partial charge in [0, 0.05) is 18.7 Å². The van der Waals surface area contributed by atoms with Crippen LogP contribution in [-0.2, 0) is 0 Å². The fourth-order valence-corrected chi connectivity index (χ4v) is 1.63. The zero-order valence-electron chi connectivity index (χ0n) is 10.4. The molecule has 17 heavy (non-hydrogen) atoms. The first-order valence-corrected chi connectivity index (χ1v) is 6.04. The summed E-state index contributed by atoms with van der Waals surface area (Å²) in [4.78, 5) is 0. The van der Waals surface area contributed by atoms with E-state index in [0.717, 1.165) is 30.2 Å². The van der Waals surface area contributed by atoms with Crippen molar-refractivity contribution in [1.82, 2.24) is 0 Å². The maximum absolute atomic E-state index is 5.30. The van der Waals surface area contributed by atoms with Crippen LogP contribution < -0.4 is 19.5 Å². The minimum Gasteiger partial charge on any atom is -0.494 e. The second-order valence-corrected chi connectivity index (χ2v) is 3.86. The number of hydrogen-bond donors (Lipinski definition) is 2. The van der Waals surface area contributed by atoms with E-state index < -0.39 is 0 Å². The zero-order chi connectivity index (χ0) is 12.7. The van der Waals surface area contributed by atoms with Gasteiger partial charge in [-0.05, 0) is 12.2 Å². The lowest BCUT2D eigenvalue weighted by molar-refractivity contribution is 0.349. The van der Waals surface area contributed by atoms with E-state index in [4.69, 9.17) is 14.2 Å². The Morgan fingerprint density at radius 1 is 1.00 bits per heavy atom. The molecule has 0 saturated heterocycles. The van der Waals surface area contributed by atoms with E-state index in [2.05, 4.69) is 17.9 Å². The molecule has 0 bridgehead atoms. The van der Waals surface area contributed by atoms with Gasteiger partial charge in [-0.2, -0.15) is 12.6 Å². The summed E-state index contributed by atoms with van der Waals surface area (Å²) >= 11 is 4.17. The van der Waals surface area contributed by atoms with Crippen molar-refractivity contribution in [3.05, 3.63) is 12.1 Å². The van der Waals surface area contributed by atoms with E-state index in [1.54, 1.807) is 21.3 Å². The highest BCUT2D eigenvalue weighted by atomic mass is 32.1. The molecule has 4 nitrogen and oxygen atoms in total. The lowest BCUT2D eigenvalue weighted by Crippen LogP contribution is -2.04. The first-order valence-electron chi connectivity index (χ1n) is 5.41. The van der Waals surface area contributed by atoms with Crippen LogP contribution in [0.15, 0.2) is 12.1 Å². The molecule has 1 aromatic carbocycles. The number of nitrogens with one attached hydrogen (secondary N) is 1. The average molecular weight is 257 g/mol. The Hall–Kier alpha value is -1.23. The second-order valence-electron chi connectivity index (χ2n) is 3.41. The minimum absolute atomic E-state index is 0.657. The number of ether oxygens (including phenoxy) is 3. The van der Waals surface area contributed by atoms with Crippen LogP contribution in [0.1, 0.15) is 6.42 Å². The third kappa shape index (κ3) is 3.63. The lowest BCUT2D eigenvalue weighted by Gasteiger charge is -2.15. The molecule has 0 aliphatic carbocycles. The molecule has 0 fully saturated rings. The lowest BCUT2D eigenvalue weighted by atomic mass is 10.2. The van der Waals surface area contributed by atoms with E-state index in [0.29, 0.717) is 11.5 Å². The van der Waals surface area contributed by atoms with E-state index in [9.17, 15) is 0 Å². The normalized spacial score (nSPS) is 9.88. The summed E-state index contributed by atoms with van der Waals surface area (Å²) in [6.45, 7) is 0.843. The number of benzene rings is 1. The molecule has 0 aliphatic heterocycles. The van der Waals surface area contributed by atoms with Crippen molar-refractivity contribution in [2.24, 2.45) is 0 Å². The van der Waals surface area contributed by atoms with Gasteiger partial charge in [-0.25, -0.2) is 0 Å². The van der Waals surface area contributed by atoms with Crippen LogP contribution in [0, 0.1) is 0 Å². The third-order valence-electron chi connectivity index (χ3n) is 2.36. The van der Waals surface area contributed by atoms with Crippen LogP contribution in [-0.4, -0.2) is 33.6 Å². The molecular weight excluding hydrogens is 238 g/mol. The summed E-state index contributed by atoms with van der Waals surface area (Å²) in [6, 6.07) is 3.68. The third-order valence-corrected chi connectivity index (χ3v) is 2.67. The number of methoxy groups -OCH3 is 3. The van der Waals surface area contributed by atoms with Gasteiger partial charge in [0.2, 0.25) is 0 Å². The zero-order valence-corrected chi connectivity index (χ0v) is 11.3. The van der Waals surface area contributed by atoms with E-state index in [1.807, 2.05) is 12.1 Å². The molecule has 0 aromatic heterocycles. The molecule has 0 saturated carbocycles.